The Morgan fingerprint density at radius 1 is 1.38 bits per heavy atom. The molecule has 0 aromatic carbocycles. The van der Waals surface area contributed by atoms with E-state index in [1.54, 1.807) is 0 Å². The first-order valence-corrected chi connectivity index (χ1v) is 8.73. The van der Waals surface area contributed by atoms with Gasteiger partial charge in [-0.05, 0) is 45.6 Å². The van der Waals surface area contributed by atoms with Crippen molar-refractivity contribution in [3.05, 3.63) is 34.7 Å². The van der Waals surface area contributed by atoms with Gasteiger partial charge in [0, 0.05) is 44.4 Å². The highest BCUT2D eigenvalue weighted by Gasteiger charge is 2.27. The van der Waals surface area contributed by atoms with Crippen molar-refractivity contribution >= 4 is 5.91 Å². The van der Waals surface area contributed by atoms with Crippen LogP contribution in [-0.4, -0.2) is 43.6 Å². The van der Waals surface area contributed by atoms with E-state index in [0.29, 0.717) is 12.3 Å². The summed E-state index contributed by atoms with van der Waals surface area (Å²) in [6.07, 6.45) is 5.52. The molecule has 0 bridgehead atoms. The second kappa shape index (κ2) is 6.79. The van der Waals surface area contributed by atoms with Crippen LogP contribution in [0.2, 0.25) is 0 Å². The molecule has 6 nitrogen and oxygen atoms in total. The van der Waals surface area contributed by atoms with Crippen molar-refractivity contribution in [1.29, 1.82) is 0 Å². The fraction of sp³-hybridized carbons (Fsp3) is 0.611. The summed E-state index contributed by atoms with van der Waals surface area (Å²) in [4.78, 5) is 19.3. The molecule has 3 heterocycles. The summed E-state index contributed by atoms with van der Waals surface area (Å²) < 4.78 is 2.10. The Labute approximate surface area is 143 Å². The largest absolute Gasteiger partial charge is 0.342 e. The molecular formula is C18H27N5O. The predicted molar refractivity (Wildman–Crippen MR) is 92.9 cm³/mol. The monoisotopic (exact) mass is 329 g/mol. The lowest BCUT2D eigenvalue weighted by atomic mass is 9.96. The number of H-pyrrole nitrogens is 1. The molecule has 1 amide bonds. The molecule has 3 rings (SSSR count). The third-order valence-electron chi connectivity index (χ3n) is 5.04. The van der Waals surface area contributed by atoms with Crippen LogP contribution in [-0.2, 0) is 18.3 Å². The number of carbonyl (C=O) groups excluding carboxylic acids is 1. The Balaban J connectivity index is 1.62. The lowest BCUT2D eigenvalue weighted by Crippen LogP contribution is -2.39. The number of hydrogen-bond donors (Lipinski definition) is 1. The molecule has 1 fully saturated rings. The Morgan fingerprint density at radius 2 is 2.17 bits per heavy atom. The Morgan fingerprint density at radius 3 is 2.79 bits per heavy atom. The summed E-state index contributed by atoms with van der Waals surface area (Å²) in [5, 5.41) is 7.20. The first kappa shape index (κ1) is 16.7. The van der Waals surface area contributed by atoms with E-state index >= 15 is 0 Å². The number of hydrogen-bond acceptors (Lipinski definition) is 3. The molecule has 0 aliphatic carbocycles. The minimum atomic E-state index is 0.241. The normalized spacial score (nSPS) is 18.2. The molecule has 1 aliphatic heterocycles. The number of rotatable bonds is 4. The van der Waals surface area contributed by atoms with Gasteiger partial charge in [-0.1, -0.05) is 0 Å². The van der Waals surface area contributed by atoms with Crippen molar-refractivity contribution in [3.63, 3.8) is 0 Å². The van der Waals surface area contributed by atoms with Gasteiger partial charge in [-0.15, -0.1) is 0 Å². The van der Waals surface area contributed by atoms with E-state index in [0.717, 1.165) is 55.3 Å². The van der Waals surface area contributed by atoms with Crippen LogP contribution in [0.1, 0.15) is 53.7 Å². The average Bonchev–Trinajstić information content (AvgIpc) is 3.07. The summed E-state index contributed by atoms with van der Waals surface area (Å²) in [5.41, 5.74) is 4.29. The highest BCUT2D eigenvalue weighted by Crippen LogP contribution is 2.26. The molecule has 1 unspecified atom stereocenters. The predicted octanol–water partition coefficient (Wildman–Crippen LogP) is 2.41. The summed E-state index contributed by atoms with van der Waals surface area (Å²) in [6, 6.07) is 0. The number of nitrogens with zero attached hydrogens (tertiary/aromatic N) is 4. The second-order valence-corrected chi connectivity index (χ2v) is 6.94. The van der Waals surface area contributed by atoms with Crippen LogP contribution < -0.4 is 0 Å². The lowest BCUT2D eigenvalue weighted by molar-refractivity contribution is -0.132. The number of carbonyl (C=O) groups is 1. The molecule has 130 valence electrons. The number of imidazole rings is 1. The maximum Gasteiger partial charge on any atom is 0.222 e. The van der Waals surface area contributed by atoms with Crippen LogP contribution in [0.4, 0.5) is 0 Å². The van der Waals surface area contributed by atoms with Gasteiger partial charge in [0.15, 0.2) is 0 Å². The highest BCUT2D eigenvalue weighted by atomic mass is 16.2. The van der Waals surface area contributed by atoms with E-state index in [2.05, 4.69) is 25.9 Å². The van der Waals surface area contributed by atoms with E-state index in [4.69, 9.17) is 0 Å². The van der Waals surface area contributed by atoms with Crippen LogP contribution in [0.3, 0.4) is 0 Å². The van der Waals surface area contributed by atoms with Gasteiger partial charge in [0.1, 0.15) is 5.82 Å². The third kappa shape index (κ3) is 3.37. The van der Waals surface area contributed by atoms with Crippen LogP contribution in [0, 0.1) is 20.8 Å². The van der Waals surface area contributed by atoms with Crippen LogP contribution in [0.15, 0.2) is 6.20 Å². The number of amides is 1. The molecule has 1 saturated heterocycles. The molecule has 1 atom stereocenters. The second-order valence-electron chi connectivity index (χ2n) is 6.94. The first-order chi connectivity index (χ1) is 11.5. The molecule has 0 radical (unpaired) electrons. The van der Waals surface area contributed by atoms with Crippen molar-refractivity contribution in [1.82, 2.24) is 24.6 Å². The quantitative estimate of drug-likeness (QED) is 0.936. The minimum absolute atomic E-state index is 0.241. The van der Waals surface area contributed by atoms with E-state index in [1.165, 1.54) is 5.56 Å². The summed E-state index contributed by atoms with van der Waals surface area (Å²) >= 11 is 0. The zero-order valence-corrected chi connectivity index (χ0v) is 15.1. The van der Waals surface area contributed by atoms with Crippen LogP contribution in [0.5, 0.6) is 0 Å². The molecule has 24 heavy (non-hydrogen) atoms. The molecule has 6 heteroatoms. The molecule has 2 aromatic heterocycles. The van der Waals surface area contributed by atoms with E-state index < -0.39 is 0 Å². The number of piperidine rings is 1. The number of aromatic amines is 1. The van der Waals surface area contributed by atoms with Gasteiger partial charge in [-0.3, -0.25) is 9.89 Å². The SMILES string of the molecule is Cc1cn(C)c(C2CCCN(C(=O)CCc3c(C)n[nH]c3C)C2)n1. The standard InChI is InChI=1S/C18H27N5O/c1-12-10-22(4)18(19-12)15-6-5-9-23(11-15)17(24)8-7-16-13(2)20-21-14(16)3/h10,15H,5-9,11H2,1-4H3,(H,20,21). The third-order valence-corrected chi connectivity index (χ3v) is 5.04. The van der Waals surface area contributed by atoms with E-state index in [-0.39, 0.29) is 5.91 Å². The fourth-order valence-corrected chi connectivity index (χ4v) is 3.76. The minimum Gasteiger partial charge on any atom is -0.342 e. The van der Waals surface area contributed by atoms with Crippen molar-refractivity contribution in [2.75, 3.05) is 13.1 Å². The molecule has 0 spiro atoms. The maximum atomic E-state index is 12.7. The Kier molecular flexibility index (Phi) is 4.73. The number of likely N-dealkylation sites (tertiary alicyclic amines) is 1. The van der Waals surface area contributed by atoms with Crippen molar-refractivity contribution in [3.8, 4) is 0 Å². The van der Waals surface area contributed by atoms with Gasteiger partial charge in [-0.2, -0.15) is 5.10 Å². The zero-order valence-electron chi connectivity index (χ0n) is 15.1. The van der Waals surface area contributed by atoms with Crippen LogP contribution in [0.25, 0.3) is 0 Å². The van der Waals surface area contributed by atoms with E-state index in [9.17, 15) is 4.79 Å². The van der Waals surface area contributed by atoms with Gasteiger partial charge in [0.2, 0.25) is 5.91 Å². The van der Waals surface area contributed by atoms with Gasteiger partial charge < -0.3 is 9.47 Å². The first-order valence-electron chi connectivity index (χ1n) is 8.73. The molecule has 0 saturated carbocycles. The molecule has 2 aromatic rings. The highest BCUT2D eigenvalue weighted by molar-refractivity contribution is 5.76. The van der Waals surface area contributed by atoms with Crippen LogP contribution >= 0.6 is 0 Å². The molecule has 1 N–H and O–H groups in total. The van der Waals surface area contributed by atoms with Gasteiger partial charge >= 0.3 is 0 Å². The number of nitrogens with one attached hydrogen (secondary N) is 1. The topological polar surface area (TPSA) is 66.8 Å². The summed E-state index contributed by atoms with van der Waals surface area (Å²) in [5.74, 6) is 1.69. The van der Waals surface area contributed by atoms with E-state index in [1.807, 2.05) is 32.7 Å². The number of aromatic nitrogens is 4. The fourth-order valence-electron chi connectivity index (χ4n) is 3.76. The van der Waals surface area contributed by atoms with Crippen molar-refractivity contribution in [2.45, 2.75) is 52.4 Å². The molecule has 1 aliphatic rings. The van der Waals surface area contributed by atoms with Gasteiger partial charge in [0.25, 0.3) is 0 Å². The smallest absolute Gasteiger partial charge is 0.222 e. The number of aryl methyl sites for hydroxylation is 4. The summed E-state index contributed by atoms with van der Waals surface area (Å²) in [6.45, 7) is 7.67. The van der Waals surface area contributed by atoms with Gasteiger partial charge in [-0.25, -0.2) is 4.98 Å². The Hall–Kier alpha value is -2.11. The Bertz CT molecular complexity index is 710. The average molecular weight is 329 g/mol. The van der Waals surface area contributed by atoms with Crippen molar-refractivity contribution in [2.24, 2.45) is 7.05 Å². The lowest BCUT2D eigenvalue weighted by Gasteiger charge is -2.32. The zero-order chi connectivity index (χ0) is 17.3. The van der Waals surface area contributed by atoms with Gasteiger partial charge in [0.05, 0.1) is 11.4 Å². The molecular weight excluding hydrogens is 302 g/mol. The van der Waals surface area contributed by atoms with Crippen molar-refractivity contribution < 1.29 is 4.79 Å². The maximum absolute atomic E-state index is 12.7. The summed E-state index contributed by atoms with van der Waals surface area (Å²) in [7, 11) is 2.04.